The molecular weight excluding hydrogens is 508 g/mol. The molecule has 2 aromatic rings. The van der Waals surface area contributed by atoms with E-state index in [1.807, 2.05) is 57.1 Å². The fraction of sp³-hybridized carbons (Fsp3) is 0.478. The van der Waals surface area contributed by atoms with Crippen LogP contribution in [0.25, 0.3) is 0 Å². The van der Waals surface area contributed by atoms with Crippen molar-refractivity contribution in [2.75, 3.05) is 32.1 Å². The van der Waals surface area contributed by atoms with Crippen LogP contribution in [0.2, 0.25) is 0 Å². The number of guanidine groups is 1. The van der Waals surface area contributed by atoms with E-state index in [4.69, 9.17) is 4.74 Å². The minimum Gasteiger partial charge on any atom is -0.490 e. The molecule has 0 amide bonds. The number of nitrogens with zero attached hydrogens (tertiary/aromatic N) is 3. The van der Waals surface area contributed by atoms with Crippen LogP contribution in [0.15, 0.2) is 41.4 Å². The number of hydrogen-bond acceptors (Lipinski definition) is 4. The monoisotopic (exact) mass is 541 g/mol. The molecule has 6 nitrogen and oxygen atoms in total. The van der Waals surface area contributed by atoms with Crippen molar-refractivity contribution in [1.82, 2.24) is 15.6 Å². The van der Waals surface area contributed by atoms with Gasteiger partial charge in [-0.05, 0) is 62.4 Å². The van der Waals surface area contributed by atoms with E-state index < -0.39 is 0 Å². The van der Waals surface area contributed by atoms with E-state index in [0.717, 1.165) is 23.6 Å². The second-order valence-electron chi connectivity index (χ2n) is 7.89. The topological polar surface area (TPSA) is 61.8 Å². The van der Waals surface area contributed by atoms with E-state index in [0.29, 0.717) is 30.8 Å². The molecule has 31 heavy (non-hydrogen) atoms. The van der Waals surface area contributed by atoms with Crippen molar-refractivity contribution in [3.63, 3.8) is 0 Å². The Balaban J connectivity index is 0.00000341. The first-order valence-electron chi connectivity index (χ1n) is 10.6. The quantitative estimate of drug-likeness (QED) is 0.278. The van der Waals surface area contributed by atoms with Crippen molar-refractivity contribution in [2.24, 2.45) is 10.9 Å². The molecule has 8 heteroatoms. The molecular formula is C23H33FIN5O. The number of aliphatic imine (C=N–C) groups is 1. The number of benzene rings is 1. The van der Waals surface area contributed by atoms with Gasteiger partial charge >= 0.3 is 0 Å². The zero-order chi connectivity index (χ0) is 21.5. The largest absolute Gasteiger partial charge is 0.490 e. The third kappa shape index (κ3) is 7.83. The fourth-order valence-electron chi connectivity index (χ4n) is 2.97. The van der Waals surface area contributed by atoms with Crippen molar-refractivity contribution in [3.8, 4) is 5.75 Å². The summed E-state index contributed by atoms with van der Waals surface area (Å²) in [6.45, 7) is 5.78. The molecule has 0 aliphatic heterocycles. The Kier molecular flexibility index (Phi) is 9.80. The molecule has 1 heterocycles. The molecule has 0 saturated heterocycles. The standard InChI is InChI=1S/C23H32FN5O.HI/c1-5-25-23(26-14-19-7-6-8-22(28-19)29(3)4)27-16(2)18-11-12-21(20(24)13-18)30-15-17-9-10-17;/h6-8,11-13,16-17H,5,9-10,14-15H2,1-4H3,(H2,25,26,27);1H. The molecule has 1 aromatic carbocycles. The van der Waals surface area contributed by atoms with Crippen LogP contribution in [0.1, 0.15) is 44.0 Å². The Morgan fingerprint density at radius 2 is 2.06 bits per heavy atom. The van der Waals surface area contributed by atoms with Crippen molar-refractivity contribution >= 4 is 35.8 Å². The van der Waals surface area contributed by atoms with Gasteiger partial charge in [0.05, 0.1) is 24.9 Å². The lowest BCUT2D eigenvalue weighted by Crippen LogP contribution is -2.38. The maximum Gasteiger partial charge on any atom is 0.192 e. The van der Waals surface area contributed by atoms with E-state index in [9.17, 15) is 4.39 Å². The summed E-state index contributed by atoms with van der Waals surface area (Å²) in [6.07, 6.45) is 2.37. The lowest BCUT2D eigenvalue weighted by atomic mass is 10.1. The van der Waals surface area contributed by atoms with E-state index in [2.05, 4.69) is 20.6 Å². The van der Waals surface area contributed by atoms with Crippen molar-refractivity contribution in [1.29, 1.82) is 0 Å². The summed E-state index contributed by atoms with van der Waals surface area (Å²) in [5.41, 5.74) is 1.72. The summed E-state index contributed by atoms with van der Waals surface area (Å²) in [6, 6.07) is 10.9. The molecule has 1 aromatic heterocycles. The molecule has 1 aliphatic rings. The van der Waals surface area contributed by atoms with Crippen molar-refractivity contribution < 1.29 is 9.13 Å². The van der Waals surface area contributed by atoms with E-state index in [1.165, 1.54) is 18.9 Å². The third-order valence-corrected chi connectivity index (χ3v) is 4.97. The zero-order valence-corrected chi connectivity index (χ0v) is 21.0. The Labute approximate surface area is 201 Å². The van der Waals surface area contributed by atoms with Crippen LogP contribution in [0.5, 0.6) is 5.75 Å². The van der Waals surface area contributed by atoms with Crippen LogP contribution >= 0.6 is 24.0 Å². The molecule has 170 valence electrons. The Hall–Kier alpha value is -2.10. The predicted octanol–water partition coefficient (Wildman–Crippen LogP) is 4.51. The molecule has 1 atom stereocenters. The highest BCUT2D eigenvalue weighted by atomic mass is 127. The van der Waals surface area contributed by atoms with Crippen molar-refractivity contribution in [2.45, 2.75) is 39.3 Å². The number of hydrogen-bond donors (Lipinski definition) is 2. The number of anilines is 1. The second kappa shape index (κ2) is 12.1. The van der Waals surface area contributed by atoms with E-state index in [-0.39, 0.29) is 35.8 Å². The molecule has 0 spiro atoms. The van der Waals surface area contributed by atoms with Crippen LogP contribution in [-0.4, -0.2) is 38.2 Å². The van der Waals surface area contributed by atoms with E-state index >= 15 is 0 Å². The minimum absolute atomic E-state index is 0. The number of ether oxygens (including phenoxy) is 1. The molecule has 3 rings (SSSR count). The summed E-state index contributed by atoms with van der Waals surface area (Å²) in [5.74, 6) is 2.15. The number of pyridine rings is 1. The maximum atomic E-state index is 14.4. The summed E-state index contributed by atoms with van der Waals surface area (Å²) in [7, 11) is 3.92. The van der Waals surface area contributed by atoms with Gasteiger partial charge in [-0.2, -0.15) is 0 Å². The Morgan fingerprint density at radius 1 is 1.29 bits per heavy atom. The van der Waals surface area contributed by atoms with Crippen LogP contribution in [0.3, 0.4) is 0 Å². The summed E-state index contributed by atoms with van der Waals surface area (Å²) < 4.78 is 20.0. The molecule has 1 unspecified atom stereocenters. The zero-order valence-electron chi connectivity index (χ0n) is 18.7. The first-order valence-corrected chi connectivity index (χ1v) is 10.6. The molecule has 1 fully saturated rings. The predicted molar refractivity (Wildman–Crippen MR) is 135 cm³/mol. The average Bonchev–Trinajstić information content (AvgIpc) is 3.56. The first-order chi connectivity index (χ1) is 14.5. The highest BCUT2D eigenvalue weighted by Crippen LogP contribution is 2.30. The third-order valence-electron chi connectivity index (χ3n) is 4.97. The Bertz CT molecular complexity index is 873. The summed E-state index contributed by atoms with van der Waals surface area (Å²) in [5, 5.41) is 6.58. The van der Waals surface area contributed by atoms with Gasteiger partial charge in [-0.1, -0.05) is 12.1 Å². The summed E-state index contributed by atoms with van der Waals surface area (Å²) >= 11 is 0. The highest BCUT2D eigenvalue weighted by molar-refractivity contribution is 14.0. The maximum absolute atomic E-state index is 14.4. The van der Waals surface area contributed by atoms with Gasteiger partial charge in [-0.3, -0.25) is 0 Å². The lowest BCUT2D eigenvalue weighted by Gasteiger charge is -2.19. The van der Waals surface area contributed by atoms with Crippen LogP contribution in [0, 0.1) is 11.7 Å². The molecule has 0 bridgehead atoms. The molecule has 0 radical (unpaired) electrons. The van der Waals surface area contributed by atoms with Gasteiger partial charge in [-0.25, -0.2) is 14.4 Å². The molecule has 2 N–H and O–H groups in total. The van der Waals surface area contributed by atoms with Gasteiger partial charge in [0.25, 0.3) is 0 Å². The van der Waals surface area contributed by atoms with Gasteiger partial charge in [0.1, 0.15) is 5.82 Å². The summed E-state index contributed by atoms with van der Waals surface area (Å²) in [4.78, 5) is 11.2. The fourth-order valence-corrected chi connectivity index (χ4v) is 2.97. The van der Waals surface area contributed by atoms with Gasteiger partial charge in [0, 0.05) is 20.6 Å². The van der Waals surface area contributed by atoms with Gasteiger partial charge in [0.15, 0.2) is 17.5 Å². The van der Waals surface area contributed by atoms with E-state index in [1.54, 1.807) is 6.07 Å². The number of aromatic nitrogens is 1. The second-order valence-corrected chi connectivity index (χ2v) is 7.89. The van der Waals surface area contributed by atoms with Crippen LogP contribution in [0.4, 0.5) is 10.2 Å². The average molecular weight is 541 g/mol. The Morgan fingerprint density at radius 3 is 2.71 bits per heavy atom. The number of rotatable bonds is 9. The van der Waals surface area contributed by atoms with Gasteiger partial charge in [-0.15, -0.1) is 24.0 Å². The van der Waals surface area contributed by atoms with Gasteiger partial charge < -0.3 is 20.3 Å². The van der Waals surface area contributed by atoms with Gasteiger partial charge in [0.2, 0.25) is 0 Å². The lowest BCUT2D eigenvalue weighted by molar-refractivity contribution is 0.285. The van der Waals surface area contributed by atoms with Crippen molar-refractivity contribution in [3.05, 3.63) is 53.5 Å². The smallest absolute Gasteiger partial charge is 0.192 e. The number of halogens is 2. The number of nitrogens with one attached hydrogen (secondary N) is 2. The molecule has 1 aliphatic carbocycles. The highest BCUT2D eigenvalue weighted by Gasteiger charge is 2.22. The SMILES string of the molecule is CCNC(=NCc1cccc(N(C)C)n1)NC(C)c1ccc(OCC2CC2)c(F)c1.I. The van der Waals surface area contributed by atoms with Crippen LogP contribution < -0.4 is 20.3 Å². The first kappa shape index (κ1) is 25.2. The normalized spacial score (nSPS) is 14.4. The minimum atomic E-state index is -0.326. The molecule has 1 saturated carbocycles. The van der Waals surface area contributed by atoms with Crippen LogP contribution in [-0.2, 0) is 6.54 Å².